The number of rotatable bonds is 7. The van der Waals surface area contributed by atoms with E-state index < -0.39 is 0 Å². The monoisotopic (exact) mass is 407 g/mol. The van der Waals surface area contributed by atoms with Gasteiger partial charge in [-0.1, -0.05) is 32.0 Å². The standard InChI is InChI=1S/C20H29N3O2S2/c1-5-7-13(4)21-16(24)11-26-20-22-18-17(19(25)23(20)6-2)14-9-8-12(3)10-15(14)27-18/h12-13H,5-11H2,1-4H3,(H,21,24)/t12-,13+/m0/s1. The SMILES string of the molecule is CCC[C@@H](C)NC(=O)CSc1nc2sc3c(c2c(=O)n1CC)CC[C@H](C)C3. The molecular formula is C20H29N3O2S2. The summed E-state index contributed by atoms with van der Waals surface area (Å²) in [5.74, 6) is 0.951. The number of nitrogens with one attached hydrogen (secondary N) is 1. The molecule has 3 rings (SSSR count). The number of nitrogens with zero attached hydrogens (tertiary/aromatic N) is 2. The van der Waals surface area contributed by atoms with Crippen molar-refractivity contribution < 1.29 is 4.79 Å². The van der Waals surface area contributed by atoms with Gasteiger partial charge in [-0.05, 0) is 51.0 Å². The molecule has 0 radical (unpaired) electrons. The molecule has 1 N–H and O–H groups in total. The summed E-state index contributed by atoms with van der Waals surface area (Å²) < 4.78 is 1.72. The van der Waals surface area contributed by atoms with Gasteiger partial charge in [-0.3, -0.25) is 14.2 Å². The third-order valence-corrected chi connectivity index (χ3v) is 7.28. The molecule has 2 heterocycles. The Bertz CT molecular complexity index is 887. The van der Waals surface area contributed by atoms with E-state index in [1.807, 2.05) is 13.8 Å². The number of aromatic nitrogens is 2. The van der Waals surface area contributed by atoms with E-state index in [1.165, 1.54) is 22.2 Å². The van der Waals surface area contributed by atoms with Crippen LogP contribution in [0.5, 0.6) is 0 Å². The topological polar surface area (TPSA) is 64.0 Å². The van der Waals surface area contributed by atoms with E-state index in [0.29, 0.717) is 17.6 Å². The first-order valence-electron chi connectivity index (χ1n) is 9.91. The predicted octanol–water partition coefficient (Wildman–Crippen LogP) is 4.00. The molecule has 2 atom stereocenters. The molecule has 27 heavy (non-hydrogen) atoms. The molecule has 1 aliphatic rings. The fraction of sp³-hybridized carbons (Fsp3) is 0.650. The first-order valence-corrected chi connectivity index (χ1v) is 11.7. The maximum Gasteiger partial charge on any atom is 0.263 e. The van der Waals surface area contributed by atoms with Crippen LogP contribution in [0.4, 0.5) is 0 Å². The molecule has 0 saturated heterocycles. The van der Waals surface area contributed by atoms with E-state index in [1.54, 1.807) is 15.9 Å². The zero-order chi connectivity index (χ0) is 19.6. The van der Waals surface area contributed by atoms with Crippen molar-refractivity contribution in [3.63, 3.8) is 0 Å². The van der Waals surface area contributed by atoms with Crippen molar-refractivity contribution in [3.05, 3.63) is 20.8 Å². The number of hydrogen-bond acceptors (Lipinski definition) is 5. The van der Waals surface area contributed by atoms with E-state index in [9.17, 15) is 9.59 Å². The summed E-state index contributed by atoms with van der Waals surface area (Å²) in [5.41, 5.74) is 1.27. The van der Waals surface area contributed by atoms with Gasteiger partial charge in [0.05, 0.1) is 11.1 Å². The lowest BCUT2D eigenvalue weighted by atomic mass is 9.89. The van der Waals surface area contributed by atoms with E-state index in [2.05, 4.69) is 19.2 Å². The molecule has 1 amide bonds. The van der Waals surface area contributed by atoms with E-state index >= 15 is 0 Å². The molecular weight excluding hydrogens is 378 g/mol. The third-order valence-electron chi connectivity index (χ3n) is 5.16. The molecule has 0 saturated carbocycles. The Morgan fingerprint density at radius 3 is 2.93 bits per heavy atom. The van der Waals surface area contributed by atoms with Gasteiger partial charge in [-0.15, -0.1) is 11.3 Å². The first-order chi connectivity index (χ1) is 12.9. The number of hydrogen-bond donors (Lipinski definition) is 1. The minimum absolute atomic E-state index is 0.00255. The van der Waals surface area contributed by atoms with Gasteiger partial charge >= 0.3 is 0 Å². The van der Waals surface area contributed by atoms with Crippen LogP contribution < -0.4 is 10.9 Å². The lowest BCUT2D eigenvalue weighted by molar-refractivity contribution is -0.119. The van der Waals surface area contributed by atoms with Crippen molar-refractivity contribution in [1.82, 2.24) is 14.9 Å². The van der Waals surface area contributed by atoms with Crippen LogP contribution in [-0.2, 0) is 24.2 Å². The van der Waals surface area contributed by atoms with E-state index in [4.69, 9.17) is 4.98 Å². The fourth-order valence-electron chi connectivity index (χ4n) is 3.75. The fourth-order valence-corrected chi connectivity index (χ4v) is 6.04. The smallest absolute Gasteiger partial charge is 0.263 e. The molecule has 0 spiro atoms. The first kappa shape index (κ1) is 20.4. The Morgan fingerprint density at radius 2 is 2.22 bits per heavy atom. The van der Waals surface area contributed by atoms with Gasteiger partial charge in [0.25, 0.3) is 5.56 Å². The summed E-state index contributed by atoms with van der Waals surface area (Å²) in [6.07, 6.45) is 5.17. The Labute approximate surface area is 169 Å². The highest BCUT2D eigenvalue weighted by Crippen LogP contribution is 2.36. The Hall–Kier alpha value is -1.34. The lowest BCUT2D eigenvalue weighted by Gasteiger charge is -2.17. The highest BCUT2D eigenvalue weighted by atomic mass is 32.2. The molecule has 0 fully saturated rings. The Balaban J connectivity index is 1.85. The maximum atomic E-state index is 13.1. The number of aryl methyl sites for hydroxylation is 1. The average Bonchev–Trinajstić information content (AvgIpc) is 2.97. The normalized spacial score (nSPS) is 17.7. The number of thioether (sulfide) groups is 1. The number of fused-ring (bicyclic) bond motifs is 3. The summed E-state index contributed by atoms with van der Waals surface area (Å²) in [7, 11) is 0. The largest absolute Gasteiger partial charge is 0.353 e. The van der Waals surface area contributed by atoms with Crippen LogP contribution in [0.15, 0.2) is 9.95 Å². The van der Waals surface area contributed by atoms with Crippen molar-refractivity contribution in [2.24, 2.45) is 5.92 Å². The van der Waals surface area contributed by atoms with Crippen LogP contribution in [0.25, 0.3) is 10.2 Å². The van der Waals surface area contributed by atoms with Gasteiger partial charge < -0.3 is 5.32 Å². The Morgan fingerprint density at radius 1 is 1.44 bits per heavy atom. The lowest BCUT2D eigenvalue weighted by Crippen LogP contribution is -2.34. The quantitative estimate of drug-likeness (QED) is 0.557. The summed E-state index contributed by atoms with van der Waals surface area (Å²) in [6, 6.07) is 0.179. The van der Waals surface area contributed by atoms with E-state index in [0.717, 1.165) is 42.3 Å². The highest BCUT2D eigenvalue weighted by Gasteiger charge is 2.24. The zero-order valence-corrected chi connectivity index (χ0v) is 18.3. The van der Waals surface area contributed by atoms with Crippen LogP contribution in [-0.4, -0.2) is 27.3 Å². The molecule has 7 heteroatoms. The molecule has 2 aromatic rings. The molecule has 148 valence electrons. The second kappa shape index (κ2) is 8.78. The van der Waals surface area contributed by atoms with Crippen LogP contribution in [0.2, 0.25) is 0 Å². The van der Waals surface area contributed by atoms with Gasteiger partial charge in [-0.2, -0.15) is 0 Å². The minimum atomic E-state index is -0.00255. The second-order valence-corrected chi connectivity index (χ2v) is 9.55. The molecule has 0 bridgehead atoms. The second-order valence-electron chi connectivity index (χ2n) is 7.52. The molecule has 1 aliphatic carbocycles. The number of amides is 1. The third kappa shape index (κ3) is 4.40. The van der Waals surface area contributed by atoms with Crippen LogP contribution in [0.3, 0.4) is 0 Å². The molecule has 0 unspecified atom stereocenters. The number of carbonyl (C=O) groups is 1. The summed E-state index contributed by atoms with van der Waals surface area (Å²) in [5, 5.41) is 4.48. The Kier molecular flexibility index (Phi) is 6.63. The van der Waals surface area contributed by atoms with Crippen molar-refractivity contribution >= 4 is 39.2 Å². The van der Waals surface area contributed by atoms with Gasteiger partial charge in [-0.25, -0.2) is 4.98 Å². The minimum Gasteiger partial charge on any atom is -0.353 e. The van der Waals surface area contributed by atoms with E-state index in [-0.39, 0.29) is 23.3 Å². The summed E-state index contributed by atoms with van der Waals surface area (Å²) in [6.45, 7) is 8.93. The van der Waals surface area contributed by atoms with Crippen LogP contribution in [0.1, 0.15) is 57.4 Å². The van der Waals surface area contributed by atoms with Crippen molar-refractivity contribution in [3.8, 4) is 0 Å². The average molecular weight is 408 g/mol. The van der Waals surface area contributed by atoms with Crippen molar-refractivity contribution in [2.45, 2.75) is 77.5 Å². The van der Waals surface area contributed by atoms with Crippen molar-refractivity contribution in [2.75, 3.05) is 5.75 Å². The number of carbonyl (C=O) groups excluding carboxylic acids is 1. The van der Waals surface area contributed by atoms with Gasteiger partial charge in [0.2, 0.25) is 5.91 Å². The van der Waals surface area contributed by atoms with Gasteiger partial charge in [0.15, 0.2) is 5.16 Å². The zero-order valence-electron chi connectivity index (χ0n) is 16.6. The summed E-state index contributed by atoms with van der Waals surface area (Å²) in [4.78, 5) is 32.3. The van der Waals surface area contributed by atoms with Crippen LogP contribution >= 0.6 is 23.1 Å². The molecule has 5 nitrogen and oxygen atoms in total. The van der Waals surface area contributed by atoms with Gasteiger partial charge in [0.1, 0.15) is 4.83 Å². The maximum absolute atomic E-state index is 13.1. The predicted molar refractivity (Wildman–Crippen MR) is 114 cm³/mol. The molecule has 0 aromatic carbocycles. The molecule has 2 aromatic heterocycles. The van der Waals surface area contributed by atoms with Crippen molar-refractivity contribution in [1.29, 1.82) is 0 Å². The number of thiophene rings is 1. The molecule has 0 aliphatic heterocycles. The van der Waals surface area contributed by atoms with Gasteiger partial charge in [0, 0.05) is 17.5 Å². The van der Waals surface area contributed by atoms with Crippen LogP contribution in [0, 0.1) is 5.92 Å². The highest BCUT2D eigenvalue weighted by molar-refractivity contribution is 7.99. The summed E-state index contributed by atoms with van der Waals surface area (Å²) >= 11 is 3.03.